The van der Waals surface area contributed by atoms with Crippen molar-refractivity contribution in [1.29, 1.82) is 0 Å². The average molecular weight is 353 g/mol. The van der Waals surface area contributed by atoms with E-state index in [2.05, 4.69) is 10.3 Å². The minimum Gasteiger partial charge on any atom is -0.486 e. The highest BCUT2D eigenvalue weighted by Crippen LogP contribution is 2.19. The molecule has 3 aromatic rings. The second-order valence-corrected chi connectivity index (χ2v) is 6.33. The van der Waals surface area contributed by atoms with E-state index in [9.17, 15) is 4.79 Å². The van der Waals surface area contributed by atoms with Crippen LogP contribution in [-0.2, 0) is 13.7 Å². The Labute approximate surface area is 151 Å². The van der Waals surface area contributed by atoms with Gasteiger partial charge in [0.05, 0.1) is 0 Å². The number of anilines is 1. The van der Waals surface area contributed by atoms with Crippen LogP contribution in [0.2, 0.25) is 0 Å². The molecule has 2 aromatic carbocycles. The normalized spacial score (nSPS) is 10.5. The van der Waals surface area contributed by atoms with Crippen LogP contribution in [0.25, 0.3) is 0 Å². The Balaban J connectivity index is 1.58. The molecule has 1 N–H and O–H groups in total. The maximum atomic E-state index is 12.3. The van der Waals surface area contributed by atoms with Gasteiger partial charge in [-0.05, 0) is 54.8 Å². The van der Waals surface area contributed by atoms with E-state index in [-0.39, 0.29) is 5.91 Å². The number of nitrogens with one attached hydrogen (secondary N) is 1. The van der Waals surface area contributed by atoms with Gasteiger partial charge in [0.25, 0.3) is 5.91 Å². The van der Waals surface area contributed by atoms with Crippen molar-refractivity contribution in [2.24, 2.45) is 7.05 Å². The number of amides is 1. The fourth-order valence-electron chi connectivity index (χ4n) is 2.26. The van der Waals surface area contributed by atoms with Crippen molar-refractivity contribution in [2.45, 2.75) is 11.5 Å². The molecule has 25 heavy (non-hydrogen) atoms. The van der Waals surface area contributed by atoms with E-state index in [1.54, 1.807) is 18.0 Å². The molecule has 0 saturated carbocycles. The minimum absolute atomic E-state index is 0.130. The second kappa shape index (κ2) is 7.90. The molecule has 1 aromatic heterocycles. The third-order valence-corrected chi connectivity index (χ3v) is 4.50. The lowest BCUT2D eigenvalue weighted by Crippen LogP contribution is -2.11. The molecule has 0 saturated heterocycles. The molecule has 1 amide bonds. The molecule has 6 heteroatoms. The Bertz CT molecular complexity index is 842. The first kappa shape index (κ1) is 17.1. The first-order valence-corrected chi connectivity index (χ1v) is 9.02. The topological polar surface area (TPSA) is 56.1 Å². The highest BCUT2D eigenvalue weighted by molar-refractivity contribution is 7.98. The summed E-state index contributed by atoms with van der Waals surface area (Å²) < 4.78 is 7.62. The van der Waals surface area contributed by atoms with Gasteiger partial charge in [-0.3, -0.25) is 4.79 Å². The molecular weight excluding hydrogens is 334 g/mol. The van der Waals surface area contributed by atoms with Gasteiger partial charge in [-0.15, -0.1) is 11.8 Å². The lowest BCUT2D eigenvalue weighted by molar-refractivity contribution is 0.102. The number of carbonyl (C=O) groups is 1. The SMILES string of the molecule is CSc1ccc(C(=O)Nc2ccc(OCc3nccn3C)cc2)cc1. The van der Waals surface area contributed by atoms with Crippen molar-refractivity contribution < 1.29 is 9.53 Å². The lowest BCUT2D eigenvalue weighted by atomic mass is 10.2. The van der Waals surface area contributed by atoms with Crippen molar-refractivity contribution in [1.82, 2.24) is 9.55 Å². The van der Waals surface area contributed by atoms with Gasteiger partial charge < -0.3 is 14.6 Å². The number of ether oxygens (including phenoxy) is 1. The summed E-state index contributed by atoms with van der Waals surface area (Å²) in [6.07, 6.45) is 5.62. The van der Waals surface area contributed by atoms with E-state index < -0.39 is 0 Å². The Morgan fingerprint density at radius 1 is 1.16 bits per heavy atom. The van der Waals surface area contributed by atoms with Crippen LogP contribution in [0.15, 0.2) is 65.8 Å². The van der Waals surface area contributed by atoms with Gasteiger partial charge in [-0.1, -0.05) is 0 Å². The average Bonchev–Trinajstić information content (AvgIpc) is 3.06. The Morgan fingerprint density at radius 3 is 2.48 bits per heavy atom. The zero-order valence-electron chi connectivity index (χ0n) is 14.1. The van der Waals surface area contributed by atoms with E-state index in [0.29, 0.717) is 12.2 Å². The molecule has 0 atom stereocenters. The quantitative estimate of drug-likeness (QED) is 0.681. The third kappa shape index (κ3) is 4.42. The summed E-state index contributed by atoms with van der Waals surface area (Å²) >= 11 is 1.65. The molecule has 5 nitrogen and oxygen atoms in total. The summed E-state index contributed by atoms with van der Waals surface area (Å²) in [7, 11) is 1.93. The zero-order chi connectivity index (χ0) is 17.6. The number of hydrogen-bond donors (Lipinski definition) is 1. The Kier molecular flexibility index (Phi) is 5.40. The molecule has 0 radical (unpaired) electrons. The highest BCUT2D eigenvalue weighted by atomic mass is 32.2. The molecule has 3 rings (SSSR count). The van der Waals surface area contributed by atoms with Gasteiger partial charge in [0.2, 0.25) is 0 Å². The van der Waals surface area contributed by atoms with Gasteiger partial charge in [0.1, 0.15) is 18.2 Å². The molecule has 0 aliphatic rings. The predicted octanol–water partition coefficient (Wildman–Crippen LogP) is 3.97. The molecular formula is C19H19N3O2S. The fourth-order valence-corrected chi connectivity index (χ4v) is 2.67. The van der Waals surface area contributed by atoms with Crippen LogP contribution in [0.4, 0.5) is 5.69 Å². The van der Waals surface area contributed by atoms with E-state index >= 15 is 0 Å². The molecule has 0 fully saturated rings. The van der Waals surface area contributed by atoms with Crippen LogP contribution in [-0.4, -0.2) is 21.7 Å². The lowest BCUT2D eigenvalue weighted by Gasteiger charge is -2.09. The number of aryl methyl sites for hydroxylation is 1. The van der Waals surface area contributed by atoms with Crippen molar-refractivity contribution in [3.05, 3.63) is 72.3 Å². The Hall–Kier alpha value is -2.73. The smallest absolute Gasteiger partial charge is 0.255 e. The van der Waals surface area contributed by atoms with Crippen LogP contribution < -0.4 is 10.1 Å². The number of thioether (sulfide) groups is 1. The molecule has 0 aliphatic carbocycles. The number of nitrogens with zero attached hydrogens (tertiary/aromatic N) is 2. The number of hydrogen-bond acceptors (Lipinski definition) is 4. The minimum atomic E-state index is -0.130. The predicted molar refractivity (Wildman–Crippen MR) is 100 cm³/mol. The maximum absolute atomic E-state index is 12.3. The second-order valence-electron chi connectivity index (χ2n) is 5.45. The molecule has 0 bridgehead atoms. The molecule has 0 unspecified atom stereocenters. The van der Waals surface area contributed by atoms with E-state index in [1.165, 1.54) is 0 Å². The fraction of sp³-hybridized carbons (Fsp3) is 0.158. The van der Waals surface area contributed by atoms with Gasteiger partial charge in [0.15, 0.2) is 0 Å². The zero-order valence-corrected chi connectivity index (χ0v) is 14.9. The van der Waals surface area contributed by atoms with Crippen LogP contribution in [0, 0.1) is 0 Å². The van der Waals surface area contributed by atoms with Crippen LogP contribution in [0.3, 0.4) is 0 Å². The van der Waals surface area contributed by atoms with Gasteiger partial charge in [-0.2, -0.15) is 0 Å². The van der Waals surface area contributed by atoms with E-state index in [0.717, 1.165) is 22.2 Å². The monoisotopic (exact) mass is 353 g/mol. The van der Waals surface area contributed by atoms with Crippen LogP contribution >= 0.6 is 11.8 Å². The highest BCUT2D eigenvalue weighted by Gasteiger charge is 2.06. The summed E-state index contributed by atoms with van der Waals surface area (Å²) in [5, 5.41) is 2.88. The largest absolute Gasteiger partial charge is 0.486 e. The molecule has 1 heterocycles. The summed E-state index contributed by atoms with van der Waals surface area (Å²) in [6.45, 7) is 0.400. The van der Waals surface area contributed by atoms with Crippen molar-refractivity contribution >= 4 is 23.4 Å². The van der Waals surface area contributed by atoms with Crippen molar-refractivity contribution in [3.8, 4) is 5.75 Å². The number of imidazole rings is 1. The molecule has 0 aliphatic heterocycles. The third-order valence-electron chi connectivity index (χ3n) is 3.75. The van der Waals surface area contributed by atoms with Gasteiger partial charge in [-0.25, -0.2) is 4.98 Å². The number of aromatic nitrogens is 2. The standard InChI is InChI=1S/C19H19N3O2S/c1-22-12-11-20-18(22)13-24-16-7-5-15(6-8-16)21-19(23)14-3-9-17(25-2)10-4-14/h3-12H,13H2,1-2H3,(H,21,23). The first-order chi connectivity index (χ1) is 12.2. The van der Waals surface area contributed by atoms with E-state index in [4.69, 9.17) is 4.74 Å². The van der Waals surface area contributed by atoms with Crippen LogP contribution in [0.1, 0.15) is 16.2 Å². The van der Waals surface area contributed by atoms with Crippen LogP contribution in [0.5, 0.6) is 5.75 Å². The first-order valence-electron chi connectivity index (χ1n) is 7.80. The summed E-state index contributed by atoms with van der Waals surface area (Å²) in [5.41, 5.74) is 1.36. The summed E-state index contributed by atoms with van der Waals surface area (Å²) in [6, 6.07) is 14.8. The number of carbonyl (C=O) groups excluding carboxylic acids is 1. The maximum Gasteiger partial charge on any atom is 0.255 e. The summed E-state index contributed by atoms with van der Waals surface area (Å²) in [4.78, 5) is 17.6. The van der Waals surface area contributed by atoms with Crippen molar-refractivity contribution in [3.63, 3.8) is 0 Å². The number of rotatable bonds is 6. The number of benzene rings is 2. The van der Waals surface area contributed by atoms with Gasteiger partial charge >= 0.3 is 0 Å². The molecule has 0 spiro atoms. The van der Waals surface area contributed by atoms with E-state index in [1.807, 2.05) is 72.6 Å². The molecule has 128 valence electrons. The summed E-state index contributed by atoms with van der Waals surface area (Å²) in [5.74, 6) is 1.45. The van der Waals surface area contributed by atoms with Crippen molar-refractivity contribution in [2.75, 3.05) is 11.6 Å². The Morgan fingerprint density at radius 2 is 1.88 bits per heavy atom. The van der Waals surface area contributed by atoms with Gasteiger partial charge in [0, 0.05) is 35.6 Å².